The second kappa shape index (κ2) is 8.84. The third-order valence-corrected chi connectivity index (χ3v) is 3.95. The maximum absolute atomic E-state index is 12.4. The number of carbonyl (C=O) groups excluding carboxylic acids is 2. The first kappa shape index (κ1) is 18.5. The standard InChI is InChI=1S/C19H24N4O2/c1-23(2)17(15-6-4-3-5-7-15)13-21-18(24)16-10-8-14(9-11-16)12-22-19(20)25/h3-11,17H,12-13H2,1-2H3,(H,21,24)(H3,20,22,25). The first-order valence-corrected chi connectivity index (χ1v) is 8.09. The number of nitrogens with zero attached hydrogens (tertiary/aromatic N) is 1. The zero-order chi connectivity index (χ0) is 18.2. The number of primary amides is 1. The van der Waals surface area contributed by atoms with Gasteiger partial charge >= 0.3 is 6.03 Å². The smallest absolute Gasteiger partial charge is 0.312 e. The molecule has 0 saturated heterocycles. The van der Waals surface area contributed by atoms with Crippen molar-refractivity contribution in [3.63, 3.8) is 0 Å². The van der Waals surface area contributed by atoms with Crippen LogP contribution in [-0.4, -0.2) is 37.5 Å². The normalized spacial score (nSPS) is 11.8. The molecule has 2 aromatic carbocycles. The van der Waals surface area contributed by atoms with Crippen molar-refractivity contribution in [3.05, 3.63) is 71.3 Å². The highest BCUT2D eigenvalue weighted by Gasteiger charge is 2.15. The van der Waals surface area contributed by atoms with E-state index in [-0.39, 0.29) is 11.9 Å². The molecule has 25 heavy (non-hydrogen) atoms. The van der Waals surface area contributed by atoms with Gasteiger partial charge in [0.25, 0.3) is 5.91 Å². The van der Waals surface area contributed by atoms with E-state index in [2.05, 4.69) is 27.7 Å². The van der Waals surface area contributed by atoms with Gasteiger partial charge in [-0.2, -0.15) is 0 Å². The summed E-state index contributed by atoms with van der Waals surface area (Å²) in [6.07, 6.45) is 0. The molecule has 0 aliphatic carbocycles. The summed E-state index contributed by atoms with van der Waals surface area (Å²) >= 11 is 0. The van der Waals surface area contributed by atoms with E-state index >= 15 is 0 Å². The monoisotopic (exact) mass is 340 g/mol. The maximum atomic E-state index is 12.4. The van der Waals surface area contributed by atoms with Crippen LogP contribution in [0.25, 0.3) is 0 Å². The molecule has 0 bridgehead atoms. The molecular weight excluding hydrogens is 316 g/mol. The van der Waals surface area contributed by atoms with Crippen LogP contribution in [0.15, 0.2) is 54.6 Å². The topological polar surface area (TPSA) is 87.5 Å². The van der Waals surface area contributed by atoms with Crippen LogP contribution in [0.1, 0.15) is 27.5 Å². The fourth-order valence-corrected chi connectivity index (χ4v) is 2.53. The number of benzene rings is 2. The Hall–Kier alpha value is -2.86. The van der Waals surface area contributed by atoms with Crippen LogP contribution in [0.5, 0.6) is 0 Å². The van der Waals surface area contributed by atoms with E-state index in [0.29, 0.717) is 18.7 Å². The van der Waals surface area contributed by atoms with E-state index in [1.807, 2.05) is 32.3 Å². The minimum atomic E-state index is -0.572. The fraction of sp³-hybridized carbons (Fsp3) is 0.263. The zero-order valence-corrected chi connectivity index (χ0v) is 14.5. The van der Waals surface area contributed by atoms with Crippen LogP contribution in [0.4, 0.5) is 4.79 Å². The van der Waals surface area contributed by atoms with Gasteiger partial charge in [0.05, 0.1) is 6.04 Å². The van der Waals surface area contributed by atoms with Gasteiger partial charge in [-0.15, -0.1) is 0 Å². The van der Waals surface area contributed by atoms with E-state index < -0.39 is 6.03 Å². The number of nitrogens with two attached hydrogens (primary N) is 1. The molecule has 0 radical (unpaired) electrons. The van der Waals surface area contributed by atoms with Crippen molar-refractivity contribution in [2.45, 2.75) is 12.6 Å². The van der Waals surface area contributed by atoms with Gasteiger partial charge in [0.2, 0.25) is 0 Å². The largest absolute Gasteiger partial charge is 0.352 e. The Balaban J connectivity index is 1.95. The Morgan fingerprint density at radius 3 is 2.20 bits per heavy atom. The summed E-state index contributed by atoms with van der Waals surface area (Å²) in [7, 11) is 3.98. The molecule has 6 nitrogen and oxygen atoms in total. The Labute approximate surface area is 148 Å². The van der Waals surface area contributed by atoms with Gasteiger partial charge in [-0.25, -0.2) is 4.79 Å². The molecule has 132 valence electrons. The Kier molecular flexibility index (Phi) is 6.54. The molecule has 6 heteroatoms. The zero-order valence-electron chi connectivity index (χ0n) is 14.5. The molecule has 0 aliphatic heterocycles. The number of amides is 3. The van der Waals surface area contributed by atoms with Gasteiger partial charge in [-0.05, 0) is 37.4 Å². The third-order valence-electron chi connectivity index (χ3n) is 3.95. The van der Waals surface area contributed by atoms with Gasteiger partial charge in [-0.3, -0.25) is 4.79 Å². The molecule has 2 rings (SSSR count). The van der Waals surface area contributed by atoms with E-state index in [0.717, 1.165) is 11.1 Å². The van der Waals surface area contributed by atoms with Crippen molar-refractivity contribution in [1.29, 1.82) is 0 Å². The number of likely N-dealkylation sites (N-methyl/N-ethyl adjacent to an activating group) is 1. The van der Waals surface area contributed by atoms with Crippen LogP contribution in [0.3, 0.4) is 0 Å². The van der Waals surface area contributed by atoms with Crippen molar-refractivity contribution in [2.24, 2.45) is 5.73 Å². The number of rotatable bonds is 7. The lowest BCUT2D eigenvalue weighted by Gasteiger charge is -2.25. The maximum Gasteiger partial charge on any atom is 0.312 e. The van der Waals surface area contributed by atoms with E-state index in [4.69, 9.17) is 5.73 Å². The van der Waals surface area contributed by atoms with Crippen LogP contribution in [0, 0.1) is 0 Å². The highest BCUT2D eigenvalue weighted by molar-refractivity contribution is 5.94. The number of carbonyl (C=O) groups is 2. The Morgan fingerprint density at radius 2 is 1.64 bits per heavy atom. The average molecular weight is 340 g/mol. The van der Waals surface area contributed by atoms with Gasteiger partial charge in [0, 0.05) is 18.7 Å². The molecule has 0 aromatic heterocycles. The molecule has 0 heterocycles. The first-order valence-electron chi connectivity index (χ1n) is 8.09. The molecule has 0 fully saturated rings. The molecule has 4 N–H and O–H groups in total. The molecule has 1 unspecified atom stereocenters. The minimum absolute atomic E-state index is 0.101. The lowest BCUT2D eigenvalue weighted by Crippen LogP contribution is -2.34. The fourth-order valence-electron chi connectivity index (χ4n) is 2.53. The quantitative estimate of drug-likeness (QED) is 0.719. The van der Waals surface area contributed by atoms with Gasteiger partial charge in [0.1, 0.15) is 0 Å². The van der Waals surface area contributed by atoms with E-state index in [1.54, 1.807) is 24.3 Å². The summed E-state index contributed by atoms with van der Waals surface area (Å²) in [5.74, 6) is -0.128. The van der Waals surface area contributed by atoms with Crippen LogP contribution < -0.4 is 16.4 Å². The number of hydrogen-bond acceptors (Lipinski definition) is 3. The Morgan fingerprint density at radius 1 is 1.00 bits per heavy atom. The molecule has 0 saturated carbocycles. The van der Waals surface area contributed by atoms with Crippen LogP contribution >= 0.6 is 0 Å². The van der Waals surface area contributed by atoms with Gasteiger partial charge < -0.3 is 21.3 Å². The summed E-state index contributed by atoms with van der Waals surface area (Å²) in [6, 6.07) is 16.7. The molecule has 3 amide bonds. The molecule has 0 spiro atoms. The summed E-state index contributed by atoms with van der Waals surface area (Å²) in [6.45, 7) is 0.856. The van der Waals surface area contributed by atoms with Crippen LogP contribution in [0.2, 0.25) is 0 Å². The molecule has 1 atom stereocenters. The van der Waals surface area contributed by atoms with Crippen molar-refractivity contribution < 1.29 is 9.59 Å². The SMILES string of the molecule is CN(C)C(CNC(=O)c1ccc(CNC(N)=O)cc1)c1ccccc1. The molecule has 0 aliphatic rings. The van der Waals surface area contributed by atoms with Crippen LogP contribution in [-0.2, 0) is 6.54 Å². The molecular formula is C19H24N4O2. The second-order valence-corrected chi connectivity index (χ2v) is 6.01. The predicted octanol–water partition coefficient (Wildman–Crippen LogP) is 1.89. The van der Waals surface area contributed by atoms with E-state index in [9.17, 15) is 9.59 Å². The first-order chi connectivity index (χ1) is 12.0. The highest BCUT2D eigenvalue weighted by atomic mass is 16.2. The lowest BCUT2D eigenvalue weighted by molar-refractivity contribution is 0.0942. The third kappa shape index (κ3) is 5.61. The van der Waals surface area contributed by atoms with Gasteiger partial charge in [-0.1, -0.05) is 42.5 Å². The minimum Gasteiger partial charge on any atom is -0.352 e. The summed E-state index contributed by atoms with van der Waals surface area (Å²) in [5, 5.41) is 5.49. The number of hydrogen-bond donors (Lipinski definition) is 3. The van der Waals surface area contributed by atoms with Gasteiger partial charge in [0.15, 0.2) is 0 Å². The summed E-state index contributed by atoms with van der Waals surface area (Å²) in [4.78, 5) is 25.2. The lowest BCUT2D eigenvalue weighted by atomic mass is 10.1. The van der Waals surface area contributed by atoms with Crippen molar-refractivity contribution >= 4 is 11.9 Å². The predicted molar refractivity (Wildman–Crippen MR) is 98.1 cm³/mol. The second-order valence-electron chi connectivity index (χ2n) is 6.01. The van der Waals surface area contributed by atoms with Crippen molar-refractivity contribution in [2.75, 3.05) is 20.6 Å². The Bertz CT molecular complexity index is 699. The van der Waals surface area contributed by atoms with Crippen molar-refractivity contribution in [1.82, 2.24) is 15.5 Å². The summed E-state index contributed by atoms with van der Waals surface area (Å²) < 4.78 is 0. The highest BCUT2D eigenvalue weighted by Crippen LogP contribution is 2.17. The number of nitrogens with one attached hydrogen (secondary N) is 2. The number of urea groups is 1. The summed E-state index contributed by atoms with van der Waals surface area (Å²) in [5.41, 5.74) is 7.65. The van der Waals surface area contributed by atoms with Crippen molar-refractivity contribution in [3.8, 4) is 0 Å². The average Bonchev–Trinajstić information content (AvgIpc) is 2.61. The molecule has 2 aromatic rings. The van der Waals surface area contributed by atoms with E-state index in [1.165, 1.54) is 0 Å².